The molecule has 0 spiro atoms. The summed E-state index contributed by atoms with van der Waals surface area (Å²) in [7, 11) is 0. The highest BCUT2D eigenvalue weighted by Crippen LogP contribution is 2.40. The van der Waals surface area contributed by atoms with Gasteiger partial charge in [0.05, 0.1) is 23.3 Å². The van der Waals surface area contributed by atoms with Gasteiger partial charge in [0.2, 0.25) is 0 Å². The molecule has 4 aromatic carbocycles. The Morgan fingerprint density at radius 2 is 0.918 bits per heavy atom. The van der Waals surface area contributed by atoms with E-state index in [9.17, 15) is 10.5 Å². The van der Waals surface area contributed by atoms with E-state index < -0.39 is 0 Å². The molecule has 6 rings (SSSR count). The number of rotatable bonds is 12. The molecule has 2 nitrogen and oxygen atoms in total. The van der Waals surface area contributed by atoms with Crippen LogP contribution in [0.2, 0.25) is 0 Å². The average molecular weight is 665 g/mol. The SMILES string of the molecule is CCC[C@H]1CC[C@H](c2ccc(Cc3cc(C#N)ccc3Sc3ccc(C#N)cc3Cc3ccc([C@H]4CC[C@H](CCC)CC4)cc3)cc2)CC1. The van der Waals surface area contributed by atoms with Crippen LogP contribution in [0.3, 0.4) is 0 Å². The molecule has 0 amide bonds. The summed E-state index contributed by atoms with van der Waals surface area (Å²) >= 11 is 1.76. The largest absolute Gasteiger partial charge is 0.192 e. The van der Waals surface area contributed by atoms with Crippen LogP contribution < -0.4 is 0 Å². The van der Waals surface area contributed by atoms with Gasteiger partial charge in [0, 0.05) is 9.79 Å². The second-order valence-electron chi connectivity index (χ2n) is 14.8. The Hall–Kier alpha value is -3.79. The van der Waals surface area contributed by atoms with Crippen molar-refractivity contribution in [3.05, 3.63) is 129 Å². The molecule has 0 aliphatic heterocycles. The van der Waals surface area contributed by atoms with E-state index in [0.29, 0.717) is 23.0 Å². The molecule has 0 heterocycles. The number of hydrogen-bond donors (Lipinski definition) is 0. The minimum Gasteiger partial charge on any atom is -0.192 e. The van der Waals surface area contributed by atoms with E-state index >= 15 is 0 Å². The number of nitriles is 2. The Kier molecular flexibility index (Phi) is 12.3. The highest BCUT2D eigenvalue weighted by atomic mass is 32.2. The Morgan fingerprint density at radius 1 is 0.531 bits per heavy atom. The van der Waals surface area contributed by atoms with Crippen molar-refractivity contribution in [2.75, 3.05) is 0 Å². The van der Waals surface area contributed by atoms with Gasteiger partial charge in [-0.05, 0) is 158 Å². The quantitative estimate of drug-likeness (QED) is 0.151. The van der Waals surface area contributed by atoms with Gasteiger partial charge < -0.3 is 0 Å². The minimum absolute atomic E-state index is 0.687. The zero-order valence-electron chi connectivity index (χ0n) is 29.6. The molecule has 3 heteroatoms. The molecule has 2 saturated carbocycles. The molecular formula is C46H52N2S. The highest BCUT2D eigenvalue weighted by Gasteiger charge is 2.23. The predicted molar refractivity (Wildman–Crippen MR) is 204 cm³/mol. The molecule has 252 valence electrons. The predicted octanol–water partition coefficient (Wildman–Crippen LogP) is 12.9. The molecule has 0 N–H and O–H groups in total. The standard InChI is InChI=1S/C46H52N2S/c1-3-5-33-7-17-39(18-8-33)41-21-11-35(12-22-41)27-43-29-37(31-47)15-25-45(43)49-46-26-16-38(32-48)30-44(46)28-36-13-23-42(24-14-36)40-19-9-34(6-4-2)10-20-40/h11-16,21-26,29-30,33-34,39-40H,3-10,17-20,27-28H2,1-2H3/t33-,34-,39-,40-. The summed E-state index contributed by atoms with van der Waals surface area (Å²) in [4.78, 5) is 2.33. The van der Waals surface area contributed by atoms with E-state index in [0.717, 1.165) is 34.5 Å². The molecule has 0 radical (unpaired) electrons. The Balaban J connectivity index is 1.16. The Labute approximate surface area is 300 Å². The maximum absolute atomic E-state index is 9.76. The maximum Gasteiger partial charge on any atom is 0.0991 e. The van der Waals surface area contributed by atoms with Gasteiger partial charge in [0.25, 0.3) is 0 Å². The summed E-state index contributed by atoms with van der Waals surface area (Å²) in [6, 6.07) is 35.5. The molecule has 2 aliphatic carbocycles. The first kappa shape index (κ1) is 35.1. The second-order valence-corrected chi connectivity index (χ2v) is 15.9. The van der Waals surface area contributed by atoms with Crippen LogP contribution in [0.5, 0.6) is 0 Å². The number of nitrogens with zero attached hydrogens (tertiary/aromatic N) is 2. The van der Waals surface area contributed by atoms with E-state index in [1.807, 2.05) is 12.1 Å². The van der Waals surface area contributed by atoms with Crippen molar-refractivity contribution in [3.8, 4) is 12.1 Å². The Bertz CT molecular complexity index is 1610. The first-order chi connectivity index (χ1) is 24.0. The summed E-state index contributed by atoms with van der Waals surface area (Å²) in [6.07, 6.45) is 17.6. The molecule has 0 unspecified atom stereocenters. The molecule has 2 fully saturated rings. The van der Waals surface area contributed by atoms with Gasteiger partial charge in [-0.2, -0.15) is 10.5 Å². The van der Waals surface area contributed by atoms with Crippen molar-refractivity contribution in [1.82, 2.24) is 0 Å². The van der Waals surface area contributed by atoms with Gasteiger partial charge in [-0.1, -0.05) is 99.8 Å². The van der Waals surface area contributed by atoms with Gasteiger partial charge >= 0.3 is 0 Å². The van der Waals surface area contributed by atoms with Gasteiger partial charge in [-0.15, -0.1) is 0 Å². The highest BCUT2D eigenvalue weighted by molar-refractivity contribution is 7.99. The lowest BCUT2D eigenvalue weighted by Gasteiger charge is -2.28. The average Bonchev–Trinajstić information content (AvgIpc) is 3.14. The van der Waals surface area contributed by atoms with Crippen molar-refractivity contribution in [1.29, 1.82) is 10.5 Å². The summed E-state index contributed by atoms with van der Waals surface area (Å²) in [5.74, 6) is 3.22. The van der Waals surface area contributed by atoms with E-state index in [1.165, 1.54) is 110 Å². The van der Waals surface area contributed by atoms with Crippen LogP contribution in [0.4, 0.5) is 0 Å². The summed E-state index contributed by atoms with van der Waals surface area (Å²) in [6.45, 7) is 4.62. The zero-order valence-corrected chi connectivity index (χ0v) is 30.4. The van der Waals surface area contributed by atoms with E-state index in [2.05, 4.69) is 98.8 Å². The van der Waals surface area contributed by atoms with Crippen LogP contribution >= 0.6 is 11.8 Å². The first-order valence-corrected chi connectivity index (χ1v) is 19.8. The summed E-state index contributed by atoms with van der Waals surface area (Å²) in [5.41, 5.74) is 9.24. The third-order valence-corrected chi connectivity index (χ3v) is 12.6. The molecule has 0 bridgehead atoms. The van der Waals surface area contributed by atoms with E-state index in [-0.39, 0.29) is 0 Å². The van der Waals surface area contributed by atoms with Crippen molar-refractivity contribution < 1.29 is 0 Å². The molecule has 0 saturated heterocycles. The third kappa shape index (κ3) is 9.26. The lowest BCUT2D eigenvalue weighted by Crippen LogP contribution is -2.13. The lowest BCUT2D eigenvalue weighted by atomic mass is 9.77. The van der Waals surface area contributed by atoms with E-state index in [4.69, 9.17) is 0 Å². The topological polar surface area (TPSA) is 47.6 Å². The monoisotopic (exact) mass is 664 g/mol. The Morgan fingerprint density at radius 3 is 1.27 bits per heavy atom. The zero-order chi connectivity index (χ0) is 34.0. The molecular weight excluding hydrogens is 613 g/mol. The fourth-order valence-corrected chi connectivity index (χ4v) is 9.57. The fraction of sp³-hybridized carbons (Fsp3) is 0.435. The molecule has 2 aliphatic rings. The number of hydrogen-bond acceptors (Lipinski definition) is 3. The lowest BCUT2D eigenvalue weighted by molar-refractivity contribution is 0.308. The van der Waals surface area contributed by atoms with Crippen LogP contribution in [-0.4, -0.2) is 0 Å². The van der Waals surface area contributed by atoms with Crippen molar-refractivity contribution in [2.45, 2.75) is 125 Å². The minimum atomic E-state index is 0.687. The van der Waals surface area contributed by atoms with E-state index in [1.54, 1.807) is 11.8 Å². The molecule has 0 atom stereocenters. The summed E-state index contributed by atoms with van der Waals surface area (Å²) < 4.78 is 0. The van der Waals surface area contributed by atoms with Gasteiger partial charge in [-0.3, -0.25) is 0 Å². The maximum atomic E-state index is 9.76. The molecule has 4 aromatic rings. The molecule has 49 heavy (non-hydrogen) atoms. The van der Waals surface area contributed by atoms with Crippen molar-refractivity contribution in [3.63, 3.8) is 0 Å². The van der Waals surface area contributed by atoms with Crippen LogP contribution in [0.1, 0.15) is 147 Å². The number of benzene rings is 4. The molecule has 0 aromatic heterocycles. The van der Waals surface area contributed by atoms with Crippen LogP contribution in [0, 0.1) is 34.5 Å². The summed E-state index contributed by atoms with van der Waals surface area (Å²) in [5, 5.41) is 19.5. The van der Waals surface area contributed by atoms with Gasteiger partial charge in [0.15, 0.2) is 0 Å². The smallest absolute Gasteiger partial charge is 0.0991 e. The second kappa shape index (κ2) is 17.2. The van der Waals surface area contributed by atoms with Crippen molar-refractivity contribution in [2.24, 2.45) is 11.8 Å². The van der Waals surface area contributed by atoms with Gasteiger partial charge in [-0.25, -0.2) is 0 Å². The van der Waals surface area contributed by atoms with Crippen LogP contribution in [0.15, 0.2) is 94.7 Å². The normalized spacial score (nSPS) is 20.7. The first-order valence-electron chi connectivity index (χ1n) is 19.0. The van der Waals surface area contributed by atoms with Crippen LogP contribution in [-0.2, 0) is 12.8 Å². The van der Waals surface area contributed by atoms with Gasteiger partial charge in [0.1, 0.15) is 0 Å². The van der Waals surface area contributed by atoms with Crippen molar-refractivity contribution >= 4 is 11.8 Å². The van der Waals surface area contributed by atoms with Crippen LogP contribution in [0.25, 0.3) is 0 Å². The fourth-order valence-electron chi connectivity index (χ4n) is 8.53. The third-order valence-electron chi connectivity index (χ3n) is 11.4.